The van der Waals surface area contributed by atoms with Crippen LogP contribution in [-0.2, 0) is 11.0 Å². The second-order valence-corrected chi connectivity index (χ2v) is 5.24. The maximum Gasteiger partial charge on any atom is 0.416 e. The van der Waals surface area contributed by atoms with Crippen molar-refractivity contribution in [2.45, 2.75) is 13.1 Å². The number of hydrogen-bond acceptors (Lipinski definition) is 3. The molecule has 1 amide bonds. The number of anilines is 1. The maximum absolute atomic E-state index is 12.5. The molecule has 0 spiro atoms. The van der Waals surface area contributed by atoms with Crippen molar-refractivity contribution in [3.63, 3.8) is 0 Å². The van der Waals surface area contributed by atoms with E-state index in [4.69, 9.17) is 9.47 Å². The summed E-state index contributed by atoms with van der Waals surface area (Å²) in [6.45, 7) is 2.33. The number of rotatable bonds is 6. The van der Waals surface area contributed by atoms with Crippen LogP contribution in [0.25, 0.3) is 6.08 Å². The molecule has 0 saturated heterocycles. The third-order valence-corrected chi connectivity index (χ3v) is 3.40. The number of alkyl halides is 3. The quantitative estimate of drug-likeness (QED) is 0.751. The van der Waals surface area contributed by atoms with Gasteiger partial charge in [-0.2, -0.15) is 13.2 Å². The number of hydrogen-bond donors (Lipinski definition) is 1. The highest BCUT2D eigenvalue weighted by molar-refractivity contribution is 6.02. The molecule has 2 aromatic carbocycles. The van der Waals surface area contributed by atoms with Gasteiger partial charge in [-0.15, -0.1) is 0 Å². The molecule has 0 aliphatic carbocycles. The van der Waals surface area contributed by atoms with E-state index in [1.54, 1.807) is 18.2 Å². The summed E-state index contributed by atoms with van der Waals surface area (Å²) < 4.78 is 48.1. The molecule has 4 nitrogen and oxygen atoms in total. The Morgan fingerprint density at radius 1 is 1.12 bits per heavy atom. The van der Waals surface area contributed by atoms with Crippen molar-refractivity contribution in [2.75, 3.05) is 19.0 Å². The molecule has 0 aliphatic rings. The first kappa shape index (κ1) is 19.4. The molecule has 26 heavy (non-hydrogen) atoms. The SMILES string of the molecule is CCOc1ccc(NC(=O)/C=C/c2ccc(C(F)(F)F)cc2)cc1OC. The summed E-state index contributed by atoms with van der Waals surface area (Å²) >= 11 is 0. The Balaban J connectivity index is 2.03. The molecule has 138 valence electrons. The molecule has 0 fully saturated rings. The zero-order valence-corrected chi connectivity index (χ0v) is 14.3. The summed E-state index contributed by atoms with van der Waals surface area (Å²) in [6, 6.07) is 9.49. The number of nitrogens with one attached hydrogen (secondary N) is 1. The average Bonchev–Trinajstić information content (AvgIpc) is 2.61. The minimum absolute atomic E-state index is 0.420. The highest BCUT2D eigenvalue weighted by Gasteiger charge is 2.29. The van der Waals surface area contributed by atoms with Gasteiger partial charge in [0, 0.05) is 17.8 Å². The summed E-state index contributed by atoms with van der Waals surface area (Å²) in [5.41, 5.74) is 0.255. The van der Waals surface area contributed by atoms with Gasteiger partial charge in [-0.25, -0.2) is 0 Å². The van der Waals surface area contributed by atoms with Crippen LogP contribution in [0.4, 0.5) is 18.9 Å². The van der Waals surface area contributed by atoms with E-state index in [0.717, 1.165) is 12.1 Å². The summed E-state index contributed by atoms with van der Waals surface area (Å²) in [5, 5.41) is 2.65. The molecule has 7 heteroatoms. The zero-order valence-electron chi connectivity index (χ0n) is 14.3. The molecule has 0 atom stereocenters. The fourth-order valence-corrected chi connectivity index (χ4v) is 2.16. The number of carbonyl (C=O) groups excluding carboxylic acids is 1. The van der Waals surface area contributed by atoms with Crippen LogP contribution in [0.2, 0.25) is 0 Å². The largest absolute Gasteiger partial charge is 0.493 e. The molecular formula is C19H18F3NO3. The van der Waals surface area contributed by atoms with Crippen LogP contribution in [0.1, 0.15) is 18.1 Å². The Morgan fingerprint density at radius 2 is 1.81 bits per heavy atom. The molecule has 0 aliphatic heterocycles. The van der Waals surface area contributed by atoms with Gasteiger partial charge in [-0.05, 0) is 42.8 Å². The monoisotopic (exact) mass is 365 g/mol. The van der Waals surface area contributed by atoms with Gasteiger partial charge in [0.15, 0.2) is 11.5 Å². The van der Waals surface area contributed by atoms with Crippen LogP contribution in [0, 0.1) is 0 Å². The first-order valence-corrected chi connectivity index (χ1v) is 7.80. The van der Waals surface area contributed by atoms with E-state index >= 15 is 0 Å². The molecule has 0 bridgehead atoms. The van der Waals surface area contributed by atoms with Crippen LogP contribution < -0.4 is 14.8 Å². The van der Waals surface area contributed by atoms with Gasteiger partial charge in [0.1, 0.15) is 0 Å². The smallest absolute Gasteiger partial charge is 0.416 e. The van der Waals surface area contributed by atoms with E-state index in [1.807, 2.05) is 6.92 Å². The molecule has 1 N–H and O–H groups in total. The molecular weight excluding hydrogens is 347 g/mol. The topological polar surface area (TPSA) is 47.6 Å². The number of halogens is 3. The normalized spacial score (nSPS) is 11.4. The van der Waals surface area contributed by atoms with E-state index in [1.165, 1.54) is 31.4 Å². The highest BCUT2D eigenvalue weighted by atomic mass is 19.4. The standard InChI is InChI=1S/C19H18F3NO3/c1-3-26-16-10-9-15(12-17(16)25-2)23-18(24)11-6-13-4-7-14(8-5-13)19(20,21)22/h4-12H,3H2,1-2H3,(H,23,24)/b11-6+. The third kappa shape index (κ3) is 5.27. The van der Waals surface area contributed by atoms with Gasteiger partial charge < -0.3 is 14.8 Å². The highest BCUT2D eigenvalue weighted by Crippen LogP contribution is 2.30. The molecule has 0 heterocycles. The fourth-order valence-electron chi connectivity index (χ4n) is 2.16. The van der Waals surface area contributed by atoms with E-state index < -0.39 is 17.6 Å². The molecule has 2 rings (SSSR count). The molecule has 0 saturated carbocycles. The minimum atomic E-state index is -4.38. The maximum atomic E-state index is 12.5. The lowest BCUT2D eigenvalue weighted by Crippen LogP contribution is -2.08. The number of carbonyl (C=O) groups is 1. The van der Waals surface area contributed by atoms with E-state index in [9.17, 15) is 18.0 Å². The summed E-state index contributed by atoms with van der Waals surface area (Å²) in [4.78, 5) is 12.0. The van der Waals surface area contributed by atoms with E-state index in [-0.39, 0.29) is 0 Å². The minimum Gasteiger partial charge on any atom is -0.493 e. The van der Waals surface area contributed by atoms with Crippen LogP contribution in [0.15, 0.2) is 48.5 Å². The van der Waals surface area contributed by atoms with Crippen LogP contribution >= 0.6 is 0 Å². The molecule has 2 aromatic rings. The van der Waals surface area contributed by atoms with Crippen LogP contribution in [0.3, 0.4) is 0 Å². The van der Waals surface area contributed by atoms with Crippen molar-refractivity contribution in [1.29, 1.82) is 0 Å². The Bertz CT molecular complexity index is 784. The first-order valence-electron chi connectivity index (χ1n) is 7.80. The Morgan fingerprint density at radius 3 is 2.38 bits per heavy atom. The third-order valence-electron chi connectivity index (χ3n) is 3.40. The van der Waals surface area contributed by atoms with Crippen molar-refractivity contribution in [3.8, 4) is 11.5 Å². The Hall–Kier alpha value is -2.96. The van der Waals surface area contributed by atoms with Gasteiger partial charge in [0.25, 0.3) is 0 Å². The van der Waals surface area contributed by atoms with Gasteiger partial charge in [0.05, 0.1) is 19.3 Å². The lowest BCUT2D eigenvalue weighted by molar-refractivity contribution is -0.137. The van der Waals surface area contributed by atoms with Gasteiger partial charge in [-0.3, -0.25) is 4.79 Å². The van der Waals surface area contributed by atoms with Gasteiger partial charge >= 0.3 is 6.18 Å². The summed E-state index contributed by atoms with van der Waals surface area (Å²) in [6.07, 6.45) is -1.71. The Labute approximate surface area is 149 Å². The number of benzene rings is 2. The summed E-state index contributed by atoms with van der Waals surface area (Å²) in [5.74, 6) is 0.626. The lowest BCUT2D eigenvalue weighted by atomic mass is 10.1. The average molecular weight is 365 g/mol. The first-order chi connectivity index (χ1) is 12.3. The van der Waals surface area contributed by atoms with Crippen molar-refractivity contribution in [1.82, 2.24) is 0 Å². The second kappa shape index (κ2) is 8.42. The summed E-state index contributed by atoms with van der Waals surface area (Å²) in [7, 11) is 1.49. The van der Waals surface area contributed by atoms with Crippen molar-refractivity contribution < 1.29 is 27.4 Å². The molecule has 0 aromatic heterocycles. The van der Waals surface area contributed by atoms with Crippen LogP contribution in [-0.4, -0.2) is 19.6 Å². The Kier molecular flexibility index (Phi) is 6.27. The molecule has 0 radical (unpaired) electrons. The van der Waals surface area contributed by atoms with Crippen molar-refractivity contribution in [3.05, 3.63) is 59.7 Å². The predicted molar refractivity (Wildman–Crippen MR) is 93.3 cm³/mol. The van der Waals surface area contributed by atoms with Gasteiger partial charge in [-0.1, -0.05) is 12.1 Å². The van der Waals surface area contributed by atoms with E-state index in [2.05, 4.69) is 5.32 Å². The number of ether oxygens (including phenoxy) is 2. The number of methoxy groups -OCH3 is 1. The second-order valence-electron chi connectivity index (χ2n) is 5.24. The fraction of sp³-hybridized carbons (Fsp3) is 0.211. The number of amides is 1. The van der Waals surface area contributed by atoms with E-state index in [0.29, 0.717) is 29.4 Å². The van der Waals surface area contributed by atoms with Crippen LogP contribution in [0.5, 0.6) is 11.5 Å². The molecule has 0 unspecified atom stereocenters. The van der Waals surface area contributed by atoms with Crippen molar-refractivity contribution >= 4 is 17.7 Å². The van der Waals surface area contributed by atoms with Crippen molar-refractivity contribution in [2.24, 2.45) is 0 Å². The predicted octanol–water partition coefficient (Wildman–Crippen LogP) is 4.76. The zero-order chi connectivity index (χ0) is 19.2. The lowest BCUT2D eigenvalue weighted by Gasteiger charge is -2.11. The van der Waals surface area contributed by atoms with Gasteiger partial charge in [0.2, 0.25) is 5.91 Å².